The highest BCUT2D eigenvalue weighted by atomic mass is 19.2. The molecule has 0 bridgehead atoms. The van der Waals surface area contributed by atoms with Gasteiger partial charge in [0.05, 0.1) is 0 Å². The maximum absolute atomic E-state index is 11.1. The number of hydrogen-bond donors (Lipinski definition) is 0. The first kappa shape index (κ1) is 3.07. The van der Waals surface area contributed by atoms with Crippen LogP contribution in [0.3, 0.4) is 0 Å². The number of alkyl halides is 2. The summed E-state index contributed by atoms with van der Waals surface area (Å²) < 4.78 is 22.3. The molecule has 0 spiro atoms. The molecule has 0 aromatic heterocycles. The smallest absolute Gasteiger partial charge is 0.134 e. The van der Waals surface area contributed by atoms with Gasteiger partial charge in [0.25, 0.3) is 0 Å². The average molecular weight is 78.1 g/mol. The summed E-state index contributed by atoms with van der Waals surface area (Å²) in [5, 5.41) is 0. The van der Waals surface area contributed by atoms with Gasteiger partial charge in [-0.1, -0.05) is 0 Å². The molecule has 30 valence electrons. The molecule has 0 nitrogen and oxygen atoms in total. The van der Waals surface area contributed by atoms with E-state index in [1.807, 2.05) is 0 Å². The molecule has 1 fully saturated rings. The van der Waals surface area contributed by atoms with Crippen LogP contribution < -0.4 is 0 Å². The van der Waals surface area contributed by atoms with Crippen molar-refractivity contribution in [3.05, 3.63) is 0 Å². The summed E-state index contributed by atoms with van der Waals surface area (Å²) in [4.78, 5) is 0. The van der Waals surface area contributed by atoms with Gasteiger partial charge in [-0.3, -0.25) is 0 Å². The molecule has 2 heteroatoms. The Bertz CT molecular complexity index is 38.2. The minimum Gasteiger partial charge on any atom is -0.244 e. The van der Waals surface area contributed by atoms with E-state index >= 15 is 0 Å². The summed E-state index contributed by atoms with van der Waals surface area (Å²) >= 11 is 0. The third-order valence-electron chi connectivity index (χ3n) is 0.640. The molecule has 1 saturated carbocycles. The van der Waals surface area contributed by atoms with Crippen molar-refractivity contribution in [1.82, 2.24) is 0 Å². The first-order chi connectivity index (χ1) is 2.30. The molecule has 0 aromatic carbocycles. The highest BCUT2D eigenvalue weighted by Crippen LogP contribution is 2.27. The molecule has 0 N–H and O–H groups in total. The fourth-order valence-electron chi connectivity index (χ4n) is 0.137. The number of rotatable bonds is 0. The van der Waals surface area contributed by atoms with E-state index in [1.165, 1.54) is 0 Å². The molecule has 1 rings (SSSR count). The standard InChI is InChI=1S/C3H4F2/c4-2-1-3(2)5/h2-3H,1H2/t2-,3+. The lowest BCUT2D eigenvalue weighted by Crippen LogP contribution is -1.68. The lowest BCUT2D eigenvalue weighted by atomic mass is 10.9. The lowest BCUT2D eigenvalue weighted by molar-refractivity contribution is 0.372. The van der Waals surface area contributed by atoms with Crippen molar-refractivity contribution < 1.29 is 8.78 Å². The van der Waals surface area contributed by atoms with Crippen molar-refractivity contribution in [2.45, 2.75) is 18.8 Å². The third-order valence-corrected chi connectivity index (χ3v) is 0.640. The topological polar surface area (TPSA) is 0 Å². The summed E-state index contributed by atoms with van der Waals surface area (Å²) in [7, 11) is 0. The van der Waals surface area contributed by atoms with Crippen LogP contribution in [0.4, 0.5) is 8.78 Å². The number of hydrogen-bond acceptors (Lipinski definition) is 0. The summed E-state index contributed by atoms with van der Waals surface area (Å²) in [5.74, 6) is 0. The summed E-state index contributed by atoms with van der Waals surface area (Å²) in [6.45, 7) is 0. The summed E-state index contributed by atoms with van der Waals surface area (Å²) in [5.41, 5.74) is 0. The molecule has 0 radical (unpaired) electrons. The minimum atomic E-state index is -1.12. The SMILES string of the molecule is F[C@@H]1C[C@@H]1F. The van der Waals surface area contributed by atoms with Crippen LogP contribution in [-0.4, -0.2) is 12.3 Å². The minimum absolute atomic E-state index is 0.139. The molecule has 0 aliphatic heterocycles. The van der Waals surface area contributed by atoms with E-state index in [-0.39, 0.29) is 6.42 Å². The van der Waals surface area contributed by atoms with Crippen LogP contribution in [-0.2, 0) is 0 Å². The summed E-state index contributed by atoms with van der Waals surface area (Å²) in [6.07, 6.45) is -2.09. The lowest BCUT2D eigenvalue weighted by Gasteiger charge is -1.60. The van der Waals surface area contributed by atoms with Crippen molar-refractivity contribution in [1.29, 1.82) is 0 Å². The molecule has 2 atom stereocenters. The van der Waals surface area contributed by atoms with E-state index in [9.17, 15) is 8.78 Å². The van der Waals surface area contributed by atoms with Crippen LogP contribution in [0.25, 0.3) is 0 Å². The van der Waals surface area contributed by atoms with E-state index < -0.39 is 12.3 Å². The predicted octanol–water partition coefficient (Wildman–Crippen LogP) is 1.07. The van der Waals surface area contributed by atoms with Crippen LogP contribution in [0.2, 0.25) is 0 Å². The van der Waals surface area contributed by atoms with Gasteiger partial charge in [-0.2, -0.15) is 0 Å². The zero-order valence-electron chi connectivity index (χ0n) is 2.62. The van der Waals surface area contributed by atoms with Gasteiger partial charge >= 0.3 is 0 Å². The molecular weight excluding hydrogens is 74.0 g/mol. The van der Waals surface area contributed by atoms with E-state index in [0.717, 1.165) is 0 Å². The quantitative estimate of drug-likeness (QED) is 0.406. The normalized spacial score (nSPS) is 49.2. The molecule has 0 amide bonds. The highest BCUT2D eigenvalue weighted by molar-refractivity contribution is 4.85. The second-order valence-electron chi connectivity index (χ2n) is 1.27. The van der Waals surface area contributed by atoms with E-state index in [1.54, 1.807) is 0 Å². The van der Waals surface area contributed by atoms with Gasteiger partial charge in [0.1, 0.15) is 12.3 Å². The molecule has 0 saturated heterocycles. The van der Waals surface area contributed by atoms with Gasteiger partial charge in [0.2, 0.25) is 0 Å². The van der Waals surface area contributed by atoms with Crippen molar-refractivity contribution in [2.24, 2.45) is 0 Å². The molecule has 0 unspecified atom stereocenters. The Morgan fingerprint density at radius 2 is 1.40 bits per heavy atom. The van der Waals surface area contributed by atoms with Crippen LogP contribution in [0.1, 0.15) is 6.42 Å². The maximum Gasteiger partial charge on any atom is 0.134 e. The first-order valence-electron chi connectivity index (χ1n) is 1.59. The Morgan fingerprint density at radius 3 is 1.40 bits per heavy atom. The monoisotopic (exact) mass is 78.0 g/mol. The Morgan fingerprint density at radius 1 is 1.20 bits per heavy atom. The Kier molecular flexibility index (Phi) is 0.411. The van der Waals surface area contributed by atoms with Crippen LogP contribution in [0.15, 0.2) is 0 Å². The fraction of sp³-hybridized carbons (Fsp3) is 1.00. The third kappa shape index (κ3) is 0.389. The van der Waals surface area contributed by atoms with Crippen molar-refractivity contribution in [3.63, 3.8) is 0 Å². The largest absolute Gasteiger partial charge is 0.244 e. The molecule has 0 aromatic rings. The van der Waals surface area contributed by atoms with E-state index in [2.05, 4.69) is 0 Å². The molecule has 1 aliphatic rings. The van der Waals surface area contributed by atoms with Crippen LogP contribution in [0, 0.1) is 0 Å². The van der Waals surface area contributed by atoms with Crippen LogP contribution in [0.5, 0.6) is 0 Å². The molecule has 0 heterocycles. The Labute approximate surface area is 28.8 Å². The van der Waals surface area contributed by atoms with Gasteiger partial charge in [-0.15, -0.1) is 0 Å². The van der Waals surface area contributed by atoms with Gasteiger partial charge < -0.3 is 0 Å². The zero-order valence-corrected chi connectivity index (χ0v) is 2.62. The summed E-state index contributed by atoms with van der Waals surface area (Å²) in [6, 6.07) is 0. The maximum atomic E-state index is 11.1. The van der Waals surface area contributed by atoms with Crippen LogP contribution >= 0.6 is 0 Å². The van der Waals surface area contributed by atoms with E-state index in [0.29, 0.717) is 0 Å². The molecule has 1 aliphatic carbocycles. The zero-order chi connectivity index (χ0) is 3.86. The van der Waals surface area contributed by atoms with Gasteiger partial charge in [0, 0.05) is 6.42 Å². The van der Waals surface area contributed by atoms with Crippen molar-refractivity contribution in [2.75, 3.05) is 0 Å². The first-order valence-corrected chi connectivity index (χ1v) is 1.59. The highest BCUT2D eigenvalue weighted by Gasteiger charge is 2.37. The fourth-order valence-corrected chi connectivity index (χ4v) is 0.137. The van der Waals surface area contributed by atoms with E-state index in [4.69, 9.17) is 0 Å². The van der Waals surface area contributed by atoms with Gasteiger partial charge in [0.15, 0.2) is 0 Å². The van der Waals surface area contributed by atoms with Gasteiger partial charge in [-0.05, 0) is 0 Å². The average Bonchev–Trinajstić information content (AvgIpc) is 1.79. The number of halogens is 2. The Hall–Kier alpha value is -0.140. The molecular formula is C3H4F2. The van der Waals surface area contributed by atoms with Crippen molar-refractivity contribution in [3.8, 4) is 0 Å². The Balaban J connectivity index is 2.20. The van der Waals surface area contributed by atoms with Crippen molar-refractivity contribution >= 4 is 0 Å². The van der Waals surface area contributed by atoms with Gasteiger partial charge in [-0.25, -0.2) is 8.78 Å². The molecule has 5 heavy (non-hydrogen) atoms. The second-order valence-corrected chi connectivity index (χ2v) is 1.27. The second kappa shape index (κ2) is 0.671. The predicted molar refractivity (Wildman–Crippen MR) is 14.4 cm³/mol.